The third-order valence-corrected chi connectivity index (χ3v) is 6.44. The molecule has 2 nitrogen and oxygen atoms in total. The summed E-state index contributed by atoms with van der Waals surface area (Å²) in [7, 11) is 2.34. The van der Waals surface area contributed by atoms with Crippen molar-refractivity contribution in [3.05, 3.63) is 0 Å². The van der Waals surface area contributed by atoms with E-state index in [2.05, 4.69) is 14.0 Å². The van der Waals surface area contributed by atoms with Gasteiger partial charge in [-0.2, -0.15) is 0 Å². The number of quaternary nitrogens is 1. The van der Waals surface area contributed by atoms with Crippen LogP contribution in [0.15, 0.2) is 0 Å². The Balaban J connectivity index is 0.00000676. The van der Waals surface area contributed by atoms with Crippen molar-refractivity contribution in [2.45, 2.75) is 129 Å². The normalized spacial score (nSPS) is 22.6. The second-order valence-corrected chi connectivity index (χ2v) is 9.35. The molecular weight excluding hydrogens is 398 g/mol. The summed E-state index contributed by atoms with van der Waals surface area (Å²) < 4.78 is 1.11. The molecule has 1 N–H and O–H groups in total. The van der Waals surface area contributed by atoms with Gasteiger partial charge in [0.25, 0.3) is 0 Å². The molecule has 1 saturated heterocycles. The number of halogens is 1. The van der Waals surface area contributed by atoms with Gasteiger partial charge in [0.2, 0.25) is 0 Å². The highest BCUT2D eigenvalue weighted by molar-refractivity contribution is 4.61. The first kappa shape index (κ1) is 27.4. The fraction of sp³-hybridized carbons (Fsp3) is 1.00. The van der Waals surface area contributed by atoms with Crippen LogP contribution in [0.3, 0.4) is 0 Å². The second-order valence-electron chi connectivity index (χ2n) is 9.35. The summed E-state index contributed by atoms with van der Waals surface area (Å²) in [5, 5.41) is 9.86. The fourth-order valence-electron chi connectivity index (χ4n) is 4.64. The summed E-state index contributed by atoms with van der Waals surface area (Å²) in [5.41, 5.74) is 0. The number of rotatable bonds is 17. The minimum Gasteiger partial charge on any atom is -1.00 e. The maximum Gasteiger partial charge on any atom is 0.105 e. The Hall–Kier alpha value is 0.400. The van der Waals surface area contributed by atoms with Gasteiger partial charge in [0.15, 0.2) is 0 Å². The number of nitrogens with zero attached hydrogens (tertiary/aromatic N) is 1. The SMILES string of the molecule is CCCCCCCCCCCCCCCCCC[N+]1(C)CCCC(O)C1.[Br-]. The van der Waals surface area contributed by atoms with E-state index in [1.807, 2.05) is 0 Å². The summed E-state index contributed by atoms with van der Waals surface area (Å²) >= 11 is 0. The van der Waals surface area contributed by atoms with Crippen molar-refractivity contribution in [2.75, 3.05) is 26.7 Å². The molecule has 0 aromatic heterocycles. The third-order valence-electron chi connectivity index (χ3n) is 6.44. The lowest BCUT2D eigenvalue weighted by Crippen LogP contribution is -3.00. The van der Waals surface area contributed by atoms with Crippen LogP contribution in [0, 0.1) is 0 Å². The zero-order valence-corrected chi connectivity index (χ0v) is 20.3. The first-order valence-corrected chi connectivity index (χ1v) is 12.2. The van der Waals surface area contributed by atoms with Gasteiger partial charge in [-0.3, -0.25) is 0 Å². The highest BCUT2D eigenvalue weighted by Crippen LogP contribution is 2.19. The largest absolute Gasteiger partial charge is 1.00 e. The van der Waals surface area contributed by atoms with Gasteiger partial charge in [-0.1, -0.05) is 96.8 Å². The molecule has 0 amide bonds. The van der Waals surface area contributed by atoms with E-state index in [4.69, 9.17) is 0 Å². The summed E-state index contributed by atoms with van der Waals surface area (Å²) in [6.07, 6.45) is 25.2. The van der Waals surface area contributed by atoms with Crippen LogP contribution in [0.1, 0.15) is 122 Å². The number of hydrogen-bond donors (Lipinski definition) is 1. The minimum atomic E-state index is -0.0465. The quantitative estimate of drug-likeness (QED) is 0.265. The second kappa shape index (κ2) is 18.4. The first-order chi connectivity index (χ1) is 12.7. The Morgan fingerprint density at radius 3 is 1.52 bits per heavy atom. The lowest BCUT2D eigenvalue weighted by atomic mass is 10.0. The Labute approximate surface area is 181 Å². The Morgan fingerprint density at radius 1 is 0.704 bits per heavy atom. The van der Waals surface area contributed by atoms with E-state index in [1.165, 1.54) is 122 Å². The standard InChI is InChI=1S/C24H50NO.BrH/c1-3-4-5-6-7-8-9-10-11-12-13-14-15-16-17-18-21-25(2)22-19-20-24(26)23-25;/h24,26H,3-23H2,1-2H3;1H/q+1;/p-1. The molecule has 0 radical (unpaired) electrons. The smallest absolute Gasteiger partial charge is 0.105 e. The molecule has 1 fully saturated rings. The van der Waals surface area contributed by atoms with Gasteiger partial charge in [-0.25, -0.2) is 0 Å². The molecule has 3 heteroatoms. The summed E-state index contributed by atoms with van der Waals surface area (Å²) in [5.74, 6) is 0. The van der Waals surface area contributed by atoms with E-state index in [9.17, 15) is 5.11 Å². The van der Waals surface area contributed by atoms with Crippen molar-refractivity contribution in [2.24, 2.45) is 0 Å². The van der Waals surface area contributed by atoms with Crippen LogP contribution in [-0.4, -0.2) is 42.4 Å². The van der Waals surface area contributed by atoms with Crippen LogP contribution in [0.2, 0.25) is 0 Å². The molecule has 1 rings (SSSR count). The van der Waals surface area contributed by atoms with Crippen molar-refractivity contribution < 1.29 is 26.6 Å². The molecule has 1 heterocycles. The van der Waals surface area contributed by atoms with Crippen LogP contribution in [0.5, 0.6) is 0 Å². The molecule has 1 aliphatic rings. The molecular formula is C24H50BrNO. The van der Waals surface area contributed by atoms with Gasteiger partial charge >= 0.3 is 0 Å². The average molecular weight is 449 g/mol. The Kier molecular flexibility index (Phi) is 18.7. The molecule has 0 bridgehead atoms. The Morgan fingerprint density at radius 2 is 1.11 bits per heavy atom. The van der Waals surface area contributed by atoms with Crippen LogP contribution in [-0.2, 0) is 0 Å². The van der Waals surface area contributed by atoms with E-state index in [1.54, 1.807) is 0 Å². The average Bonchev–Trinajstić information content (AvgIpc) is 2.61. The molecule has 0 aliphatic carbocycles. The molecule has 0 aromatic rings. The predicted molar refractivity (Wildman–Crippen MR) is 116 cm³/mol. The number of unbranched alkanes of at least 4 members (excludes halogenated alkanes) is 15. The van der Waals surface area contributed by atoms with Crippen molar-refractivity contribution >= 4 is 0 Å². The van der Waals surface area contributed by atoms with Crippen molar-refractivity contribution in [1.82, 2.24) is 0 Å². The van der Waals surface area contributed by atoms with Gasteiger partial charge in [-0.05, 0) is 25.7 Å². The molecule has 0 saturated carbocycles. The van der Waals surface area contributed by atoms with Crippen LogP contribution < -0.4 is 17.0 Å². The molecule has 27 heavy (non-hydrogen) atoms. The number of aliphatic hydroxyl groups excluding tert-OH is 1. The minimum absolute atomic E-state index is 0. The van der Waals surface area contributed by atoms with Crippen molar-refractivity contribution in [1.29, 1.82) is 0 Å². The third kappa shape index (κ3) is 15.9. The summed E-state index contributed by atoms with van der Waals surface area (Å²) in [6, 6.07) is 0. The molecule has 0 spiro atoms. The van der Waals surface area contributed by atoms with E-state index < -0.39 is 0 Å². The summed E-state index contributed by atoms with van der Waals surface area (Å²) in [4.78, 5) is 0. The number of piperidine rings is 1. The Bertz CT molecular complexity index is 313. The van der Waals surface area contributed by atoms with Gasteiger partial charge in [0.05, 0.1) is 20.1 Å². The number of hydrogen-bond acceptors (Lipinski definition) is 1. The summed E-state index contributed by atoms with van der Waals surface area (Å²) in [6.45, 7) is 5.83. The highest BCUT2D eigenvalue weighted by Gasteiger charge is 2.29. The van der Waals surface area contributed by atoms with Crippen LogP contribution in [0.25, 0.3) is 0 Å². The molecule has 0 aromatic carbocycles. The van der Waals surface area contributed by atoms with Crippen LogP contribution >= 0.6 is 0 Å². The first-order valence-electron chi connectivity index (χ1n) is 12.2. The fourth-order valence-corrected chi connectivity index (χ4v) is 4.64. The van der Waals surface area contributed by atoms with E-state index in [0.717, 1.165) is 17.4 Å². The van der Waals surface area contributed by atoms with Gasteiger partial charge in [0.1, 0.15) is 12.6 Å². The van der Waals surface area contributed by atoms with E-state index in [-0.39, 0.29) is 23.1 Å². The lowest BCUT2D eigenvalue weighted by Gasteiger charge is -2.40. The lowest BCUT2D eigenvalue weighted by molar-refractivity contribution is -0.917. The van der Waals surface area contributed by atoms with Crippen LogP contribution in [0.4, 0.5) is 0 Å². The van der Waals surface area contributed by atoms with Crippen molar-refractivity contribution in [3.8, 4) is 0 Å². The molecule has 2 atom stereocenters. The zero-order chi connectivity index (χ0) is 18.9. The number of likely N-dealkylation sites (tertiary alicyclic amines) is 1. The molecule has 164 valence electrons. The monoisotopic (exact) mass is 447 g/mol. The van der Waals surface area contributed by atoms with Gasteiger partial charge in [-0.15, -0.1) is 0 Å². The number of aliphatic hydroxyl groups is 1. The maximum atomic E-state index is 9.86. The maximum absolute atomic E-state index is 9.86. The van der Waals surface area contributed by atoms with Gasteiger partial charge in [0, 0.05) is 0 Å². The van der Waals surface area contributed by atoms with Gasteiger partial charge < -0.3 is 26.6 Å². The van der Waals surface area contributed by atoms with E-state index >= 15 is 0 Å². The van der Waals surface area contributed by atoms with E-state index in [0.29, 0.717) is 0 Å². The molecule has 1 aliphatic heterocycles. The predicted octanol–water partition coefficient (Wildman–Crippen LogP) is 3.85. The molecule has 2 unspecified atom stereocenters. The topological polar surface area (TPSA) is 20.2 Å². The zero-order valence-electron chi connectivity index (χ0n) is 18.7. The highest BCUT2D eigenvalue weighted by atomic mass is 79.9. The number of likely N-dealkylation sites (N-methyl/N-ethyl adjacent to an activating group) is 1. The van der Waals surface area contributed by atoms with Crippen molar-refractivity contribution in [3.63, 3.8) is 0 Å².